The van der Waals surface area contributed by atoms with Crippen molar-refractivity contribution in [2.24, 2.45) is 11.8 Å². The Hall–Kier alpha value is -2.45. The van der Waals surface area contributed by atoms with Crippen LogP contribution >= 0.6 is 0 Å². The number of amides is 3. The van der Waals surface area contributed by atoms with Gasteiger partial charge in [-0.1, -0.05) is 12.8 Å². The number of carbonyl (C=O) groups excluding carboxylic acids is 3. The summed E-state index contributed by atoms with van der Waals surface area (Å²) in [6.07, 6.45) is 3.62. The van der Waals surface area contributed by atoms with Crippen LogP contribution in [0.1, 0.15) is 25.7 Å². The van der Waals surface area contributed by atoms with E-state index in [2.05, 4.69) is 10.2 Å². The molecule has 0 spiro atoms. The molecule has 8 heteroatoms. The fourth-order valence-electron chi connectivity index (χ4n) is 4.68. The number of fused-ring (bicyclic) bond motifs is 1. The molecule has 3 aliphatic rings. The van der Waals surface area contributed by atoms with Crippen molar-refractivity contribution in [2.45, 2.75) is 25.7 Å². The minimum atomic E-state index is -0.173. The number of morpholine rings is 1. The number of carbonyl (C=O) groups is 3. The SMILES string of the molecule is CN(CC(=O)Nc1ccc(N2CCOCC2)cc1)CN1C(=O)[C@H]2CCCC[C@@H]2C1=O. The second-order valence-corrected chi connectivity index (χ2v) is 8.45. The second-order valence-electron chi connectivity index (χ2n) is 8.45. The van der Waals surface area contributed by atoms with Gasteiger partial charge in [0.05, 0.1) is 38.3 Å². The lowest BCUT2D eigenvalue weighted by Crippen LogP contribution is -2.42. The van der Waals surface area contributed by atoms with Gasteiger partial charge < -0.3 is 15.0 Å². The molecule has 3 fully saturated rings. The van der Waals surface area contributed by atoms with Crippen LogP contribution in [0.15, 0.2) is 24.3 Å². The number of anilines is 2. The van der Waals surface area contributed by atoms with Crippen molar-refractivity contribution < 1.29 is 19.1 Å². The van der Waals surface area contributed by atoms with Crippen molar-refractivity contribution in [1.29, 1.82) is 0 Å². The van der Waals surface area contributed by atoms with E-state index < -0.39 is 0 Å². The first-order valence-electron chi connectivity index (χ1n) is 10.8. The van der Waals surface area contributed by atoms with E-state index in [9.17, 15) is 14.4 Å². The largest absolute Gasteiger partial charge is 0.378 e. The molecule has 30 heavy (non-hydrogen) atoms. The molecule has 4 rings (SSSR count). The van der Waals surface area contributed by atoms with Gasteiger partial charge in [-0.3, -0.25) is 24.2 Å². The predicted molar refractivity (Wildman–Crippen MR) is 113 cm³/mol. The zero-order valence-corrected chi connectivity index (χ0v) is 17.5. The van der Waals surface area contributed by atoms with Crippen LogP contribution in [0.3, 0.4) is 0 Å². The molecule has 0 bridgehead atoms. The number of nitrogens with zero attached hydrogens (tertiary/aromatic N) is 3. The Morgan fingerprint density at radius 3 is 2.27 bits per heavy atom. The molecular weight excluding hydrogens is 384 g/mol. The summed E-state index contributed by atoms with van der Waals surface area (Å²) in [6.45, 7) is 3.46. The quantitative estimate of drug-likeness (QED) is 0.711. The lowest BCUT2D eigenvalue weighted by molar-refractivity contribution is -0.142. The predicted octanol–water partition coefficient (Wildman–Crippen LogP) is 1.53. The van der Waals surface area contributed by atoms with Gasteiger partial charge in [0.1, 0.15) is 0 Å². The average Bonchev–Trinajstić information content (AvgIpc) is 3.00. The zero-order chi connectivity index (χ0) is 21.1. The van der Waals surface area contributed by atoms with E-state index in [4.69, 9.17) is 4.74 Å². The Morgan fingerprint density at radius 2 is 1.67 bits per heavy atom. The van der Waals surface area contributed by atoms with E-state index in [0.29, 0.717) is 0 Å². The van der Waals surface area contributed by atoms with Crippen molar-refractivity contribution in [1.82, 2.24) is 9.80 Å². The van der Waals surface area contributed by atoms with Gasteiger partial charge in [0.2, 0.25) is 17.7 Å². The van der Waals surface area contributed by atoms with Gasteiger partial charge in [0.15, 0.2) is 0 Å². The molecule has 0 aromatic heterocycles. The van der Waals surface area contributed by atoms with Crippen molar-refractivity contribution in [2.75, 3.05) is 56.8 Å². The molecule has 162 valence electrons. The third-order valence-corrected chi connectivity index (χ3v) is 6.26. The Balaban J connectivity index is 1.27. The van der Waals surface area contributed by atoms with Gasteiger partial charge in [-0.2, -0.15) is 0 Å². The Bertz CT molecular complexity index is 767. The number of hydrogen-bond acceptors (Lipinski definition) is 6. The van der Waals surface area contributed by atoms with Gasteiger partial charge in [-0.05, 0) is 44.2 Å². The van der Waals surface area contributed by atoms with Crippen LogP contribution in [0.25, 0.3) is 0 Å². The molecule has 1 saturated carbocycles. The molecular formula is C22H30N4O4. The molecule has 1 N–H and O–H groups in total. The van der Waals surface area contributed by atoms with Crippen LogP contribution in [0.2, 0.25) is 0 Å². The van der Waals surface area contributed by atoms with Crippen molar-refractivity contribution >= 4 is 29.1 Å². The summed E-state index contributed by atoms with van der Waals surface area (Å²) in [7, 11) is 1.75. The minimum absolute atomic E-state index is 0.0735. The number of ether oxygens (including phenoxy) is 1. The normalized spacial score (nSPS) is 24.3. The van der Waals surface area contributed by atoms with Gasteiger partial charge in [-0.25, -0.2) is 0 Å². The maximum atomic E-state index is 12.6. The van der Waals surface area contributed by atoms with Crippen LogP contribution in [0.5, 0.6) is 0 Å². The number of hydrogen-bond donors (Lipinski definition) is 1. The van der Waals surface area contributed by atoms with Gasteiger partial charge in [0, 0.05) is 24.5 Å². The highest BCUT2D eigenvalue weighted by atomic mass is 16.5. The topological polar surface area (TPSA) is 82.2 Å². The molecule has 1 aromatic rings. The number of likely N-dealkylation sites (N-methyl/N-ethyl adjacent to an activating group) is 1. The lowest BCUT2D eigenvalue weighted by Gasteiger charge is -2.29. The number of rotatable bonds is 6. The van der Waals surface area contributed by atoms with Crippen molar-refractivity contribution in [3.8, 4) is 0 Å². The monoisotopic (exact) mass is 414 g/mol. The third-order valence-electron chi connectivity index (χ3n) is 6.26. The third kappa shape index (κ3) is 4.49. The first-order chi connectivity index (χ1) is 14.5. The highest BCUT2D eigenvalue weighted by Crippen LogP contribution is 2.37. The van der Waals surface area contributed by atoms with Crippen LogP contribution in [-0.2, 0) is 19.1 Å². The summed E-state index contributed by atoms with van der Waals surface area (Å²) in [6, 6.07) is 7.77. The van der Waals surface area contributed by atoms with E-state index in [1.54, 1.807) is 11.9 Å². The van der Waals surface area contributed by atoms with E-state index in [1.165, 1.54) is 4.90 Å². The van der Waals surface area contributed by atoms with Crippen molar-refractivity contribution in [3.63, 3.8) is 0 Å². The number of nitrogens with one attached hydrogen (secondary N) is 1. The molecule has 0 unspecified atom stereocenters. The molecule has 2 atom stereocenters. The van der Waals surface area contributed by atoms with Crippen LogP contribution in [0, 0.1) is 11.8 Å². The smallest absolute Gasteiger partial charge is 0.238 e. The Labute approximate surface area is 177 Å². The van der Waals surface area contributed by atoms with E-state index in [0.717, 1.165) is 63.4 Å². The molecule has 1 aliphatic carbocycles. The summed E-state index contributed by atoms with van der Waals surface area (Å²) in [5.41, 5.74) is 1.84. The van der Waals surface area contributed by atoms with E-state index in [-0.39, 0.29) is 42.8 Å². The summed E-state index contributed by atoms with van der Waals surface area (Å²) in [4.78, 5) is 42.9. The number of imide groups is 1. The lowest BCUT2D eigenvalue weighted by atomic mass is 9.81. The van der Waals surface area contributed by atoms with Gasteiger partial charge in [0.25, 0.3) is 0 Å². The highest BCUT2D eigenvalue weighted by Gasteiger charge is 2.48. The van der Waals surface area contributed by atoms with Crippen molar-refractivity contribution in [3.05, 3.63) is 24.3 Å². The number of benzene rings is 1. The molecule has 2 aliphatic heterocycles. The van der Waals surface area contributed by atoms with Gasteiger partial charge in [-0.15, -0.1) is 0 Å². The summed E-state index contributed by atoms with van der Waals surface area (Å²) < 4.78 is 5.37. The summed E-state index contributed by atoms with van der Waals surface area (Å²) >= 11 is 0. The minimum Gasteiger partial charge on any atom is -0.378 e. The fourth-order valence-corrected chi connectivity index (χ4v) is 4.68. The molecule has 2 heterocycles. The first kappa shape index (κ1) is 20.8. The maximum absolute atomic E-state index is 12.6. The zero-order valence-electron chi connectivity index (χ0n) is 17.5. The summed E-state index contributed by atoms with van der Waals surface area (Å²) in [5.74, 6) is -0.628. The van der Waals surface area contributed by atoms with Crippen LogP contribution < -0.4 is 10.2 Å². The molecule has 0 radical (unpaired) electrons. The average molecular weight is 415 g/mol. The highest BCUT2D eigenvalue weighted by molar-refractivity contribution is 6.05. The fraction of sp³-hybridized carbons (Fsp3) is 0.591. The Kier molecular flexibility index (Phi) is 6.34. The Morgan fingerprint density at radius 1 is 1.07 bits per heavy atom. The van der Waals surface area contributed by atoms with Crippen LogP contribution in [-0.4, -0.2) is 74.1 Å². The molecule has 1 aromatic carbocycles. The maximum Gasteiger partial charge on any atom is 0.238 e. The number of likely N-dealkylation sites (tertiary alicyclic amines) is 1. The van der Waals surface area contributed by atoms with Crippen LogP contribution in [0.4, 0.5) is 11.4 Å². The van der Waals surface area contributed by atoms with E-state index in [1.807, 2.05) is 24.3 Å². The standard InChI is InChI=1S/C22H30N4O4/c1-24(15-26-21(28)18-4-2-3-5-19(18)22(26)29)14-20(27)23-16-6-8-17(9-7-16)25-10-12-30-13-11-25/h6-9,18-19H,2-5,10-15H2,1H3,(H,23,27)/t18-,19-/m0/s1. The second kappa shape index (κ2) is 9.14. The molecule has 2 saturated heterocycles. The molecule has 8 nitrogen and oxygen atoms in total. The van der Waals surface area contributed by atoms with E-state index >= 15 is 0 Å². The molecule has 3 amide bonds. The summed E-state index contributed by atoms with van der Waals surface area (Å²) in [5, 5.41) is 2.89. The van der Waals surface area contributed by atoms with Gasteiger partial charge >= 0.3 is 0 Å². The first-order valence-corrected chi connectivity index (χ1v) is 10.8.